The van der Waals surface area contributed by atoms with Crippen LogP contribution in [0.5, 0.6) is 11.5 Å². The summed E-state index contributed by atoms with van der Waals surface area (Å²) in [6, 6.07) is 5.92. The summed E-state index contributed by atoms with van der Waals surface area (Å²) in [6.07, 6.45) is 0. The number of benzene rings is 2. The van der Waals surface area contributed by atoms with Gasteiger partial charge < -0.3 is 10.5 Å². The number of aryl methyl sites for hydroxylation is 2. The van der Waals surface area contributed by atoms with Crippen LogP contribution in [-0.4, -0.2) is 4.99 Å². The van der Waals surface area contributed by atoms with Gasteiger partial charge in [0.1, 0.15) is 10.7 Å². The highest BCUT2D eigenvalue weighted by molar-refractivity contribution is 7.80. The molecule has 0 aliphatic carbocycles. The third-order valence-electron chi connectivity index (χ3n) is 3.36. The van der Waals surface area contributed by atoms with Crippen molar-refractivity contribution in [2.24, 2.45) is 5.73 Å². The summed E-state index contributed by atoms with van der Waals surface area (Å²) in [7, 11) is 0. The molecule has 0 saturated carbocycles. The minimum Gasteiger partial charge on any atom is -0.451 e. The Hall–Kier alpha value is -2.01. The molecule has 0 saturated heterocycles. The molecule has 0 amide bonds. The summed E-state index contributed by atoms with van der Waals surface area (Å²) in [5.41, 5.74) is 8.13. The molecule has 0 aliphatic heterocycles. The lowest BCUT2D eigenvalue weighted by Crippen LogP contribution is -2.10. The van der Waals surface area contributed by atoms with Gasteiger partial charge in [-0.25, -0.2) is 8.78 Å². The highest BCUT2D eigenvalue weighted by Crippen LogP contribution is 2.34. The van der Waals surface area contributed by atoms with Crippen LogP contribution >= 0.6 is 12.2 Å². The summed E-state index contributed by atoms with van der Waals surface area (Å²) in [5.74, 6) is -1.67. The number of halogens is 2. The van der Waals surface area contributed by atoms with Gasteiger partial charge in [0, 0.05) is 5.56 Å². The summed E-state index contributed by atoms with van der Waals surface area (Å²) in [4.78, 5) is -0.0673. The first kappa shape index (κ1) is 15.4. The molecule has 0 aliphatic rings. The van der Waals surface area contributed by atoms with Crippen molar-refractivity contribution >= 4 is 17.2 Å². The van der Waals surface area contributed by atoms with Crippen molar-refractivity contribution in [2.75, 3.05) is 0 Å². The van der Waals surface area contributed by atoms with E-state index in [1.165, 1.54) is 0 Å². The molecule has 0 heterocycles. The maximum absolute atomic E-state index is 14.0. The Labute approximate surface area is 127 Å². The number of thiocarbonyl (C=S) groups is 1. The highest BCUT2D eigenvalue weighted by Gasteiger charge is 2.17. The lowest BCUT2D eigenvalue weighted by Gasteiger charge is -2.15. The minimum absolute atomic E-state index is 0.0673. The van der Waals surface area contributed by atoms with E-state index in [0.717, 1.165) is 28.8 Å². The van der Waals surface area contributed by atoms with Crippen molar-refractivity contribution in [1.82, 2.24) is 0 Å². The van der Waals surface area contributed by atoms with Gasteiger partial charge in [0.2, 0.25) is 0 Å². The molecule has 2 aromatic carbocycles. The molecule has 2 nitrogen and oxygen atoms in total. The topological polar surface area (TPSA) is 35.2 Å². The Bertz CT molecular complexity index is 705. The third kappa shape index (κ3) is 3.03. The summed E-state index contributed by atoms with van der Waals surface area (Å²) < 4.78 is 33.6. The second-order valence-corrected chi connectivity index (χ2v) is 5.33. The molecular weight excluding hydrogens is 292 g/mol. The van der Waals surface area contributed by atoms with E-state index in [-0.39, 0.29) is 10.6 Å². The molecule has 0 atom stereocenters. The number of ether oxygens (including phenoxy) is 1. The quantitative estimate of drug-likeness (QED) is 0.858. The van der Waals surface area contributed by atoms with E-state index in [2.05, 4.69) is 0 Å². The zero-order chi connectivity index (χ0) is 15.7. The van der Waals surface area contributed by atoms with Gasteiger partial charge in [-0.3, -0.25) is 0 Å². The molecule has 0 spiro atoms. The molecule has 0 radical (unpaired) electrons. The van der Waals surface area contributed by atoms with Gasteiger partial charge in [-0.1, -0.05) is 24.4 Å². The van der Waals surface area contributed by atoms with Gasteiger partial charge in [0.25, 0.3) is 0 Å². The van der Waals surface area contributed by atoms with E-state index in [1.807, 2.05) is 32.9 Å². The van der Waals surface area contributed by atoms with Crippen molar-refractivity contribution in [3.05, 3.63) is 58.2 Å². The SMILES string of the molecule is Cc1ccc(C)c(Oc2c(F)cc(C(N)=S)cc2F)c1C. The molecule has 110 valence electrons. The van der Waals surface area contributed by atoms with Gasteiger partial charge in [0.15, 0.2) is 17.4 Å². The van der Waals surface area contributed by atoms with Crippen LogP contribution < -0.4 is 10.5 Å². The maximum atomic E-state index is 14.0. The van der Waals surface area contributed by atoms with Crippen LogP contribution in [0.1, 0.15) is 22.3 Å². The number of hydrogen-bond donors (Lipinski definition) is 1. The van der Waals surface area contributed by atoms with E-state index in [0.29, 0.717) is 5.75 Å². The average Bonchev–Trinajstić information content (AvgIpc) is 2.41. The van der Waals surface area contributed by atoms with Crippen LogP contribution in [0.3, 0.4) is 0 Å². The zero-order valence-corrected chi connectivity index (χ0v) is 12.8. The Morgan fingerprint density at radius 1 is 1.00 bits per heavy atom. The lowest BCUT2D eigenvalue weighted by atomic mass is 10.1. The van der Waals surface area contributed by atoms with Crippen LogP contribution in [0.2, 0.25) is 0 Å². The van der Waals surface area contributed by atoms with Crippen LogP contribution in [0, 0.1) is 32.4 Å². The van der Waals surface area contributed by atoms with E-state index < -0.39 is 17.4 Å². The number of nitrogens with two attached hydrogens (primary N) is 1. The van der Waals surface area contributed by atoms with Gasteiger partial charge in [-0.15, -0.1) is 0 Å². The molecule has 0 unspecified atom stereocenters. The van der Waals surface area contributed by atoms with Crippen molar-refractivity contribution < 1.29 is 13.5 Å². The number of rotatable bonds is 3. The van der Waals surface area contributed by atoms with Crippen LogP contribution in [0.15, 0.2) is 24.3 Å². The molecule has 5 heteroatoms. The van der Waals surface area contributed by atoms with Crippen LogP contribution in [0.4, 0.5) is 8.78 Å². The molecule has 2 N–H and O–H groups in total. The lowest BCUT2D eigenvalue weighted by molar-refractivity contribution is 0.403. The van der Waals surface area contributed by atoms with E-state index >= 15 is 0 Å². The summed E-state index contributed by atoms with van der Waals surface area (Å²) in [5, 5.41) is 0. The first-order valence-corrected chi connectivity index (χ1v) is 6.75. The predicted molar refractivity (Wildman–Crippen MR) is 83.0 cm³/mol. The van der Waals surface area contributed by atoms with Crippen molar-refractivity contribution in [2.45, 2.75) is 20.8 Å². The largest absolute Gasteiger partial charge is 0.451 e. The second-order valence-electron chi connectivity index (χ2n) is 4.89. The third-order valence-corrected chi connectivity index (χ3v) is 3.60. The Balaban J connectivity index is 2.51. The molecule has 21 heavy (non-hydrogen) atoms. The molecule has 2 aromatic rings. The fourth-order valence-electron chi connectivity index (χ4n) is 1.98. The zero-order valence-electron chi connectivity index (χ0n) is 12.0. The fourth-order valence-corrected chi connectivity index (χ4v) is 2.10. The smallest absolute Gasteiger partial charge is 0.198 e. The van der Waals surface area contributed by atoms with Gasteiger partial charge in [-0.2, -0.15) is 0 Å². The van der Waals surface area contributed by atoms with E-state index in [9.17, 15) is 8.78 Å². The minimum atomic E-state index is -0.835. The van der Waals surface area contributed by atoms with Crippen LogP contribution in [0.25, 0.3) is 0 Å². The Morgan fingerprint density at radius 2 is 1.52 bits per heavy atom. The van der Waals surface area contributed by atoms with Crippen molar-refractivity contribution in [3.8, 4) is 11.5 Å². The van der Waals surface area contributed by atoms with Gasteiger partial charge in [0.05, 0.1) is 0 Å². The maximum Gasteiger partial charge on any atom is 0.198 e. The van der Waals surface area contributed by atoms with E-state index in [4.69, 9.17) is 22.7 Å². The summed E-state index contributed by atoms with van der Waals surface area (Å²) >= 11 is 4.72. The molecule has 0 aromatic heterocycles. The van der Waals surface area contributed by atoms with Crippen LogP contribution in [-0.2, 0) is 0 Å². The fraction of sp³-hybridized carbons (Fsp3) is 0.188. The van der Waals surface area contributed by atoms with Gasteiger partial charge >= 0.3 is 0 Å². The standard InChI is InChI=1S/C16H15F2NOS/c1-8-4-5-9(2)14(10(8)3)20-15-12(17)6-11(16(19)21)7-13(15)18/h4-7H,1-3H3,(H2,19,21). The van der Waals surface area contributed by atoms with Crippen molar-refractivity contribution in [1.29, 1.82) is 0 Å². The monoisotopic (exact) mass is 307 g/mol. The summed E-state index contributed by atoms with van der Waals surface area (Å²) in [6.45, 7) is 5.57. The van der Waals surface area contributed by atoms with Gasteiger partial charge in [-0.05, 0) is 49.6 Å². The Morgan fingerprint density at radius 3 is 2.05 bits per heavy atom. The highest BCUT2D eigenvalue weighted by atomic mass is 32.1. The Kier molecular flexibility index (Phi) is 4.23. The second kappa shape index (κ2) is 5.77. The first-order valence-electron chi connectivity index (χ1n) is 6.34. The first-order chi connectivity index (χ1) is 9.81. The predicted octanol–water partition coefficient (Wildman–Crippen LogP) is 4.32. The normalized spacial score (nSPS) is 10.5. The van der Waals surface area contributed by atoms with E-state index in [1.54, 1.807) is 0 Å². The van der Waals surface area contributed by atoms with Crippen molar-refractivity contribution in [3.63, 3.8) is 0 Å². The molecule has 0 fully saturated rings. The molecule has 2 rings (SSSR count). The number of hydrogen-bond acceptors (Lipinski definition) is 2. The molecular formula is C16H15F2NOS. The average molecular weight is 307 g/mol. The molecule has 0 bridgehead atoms.